The minimum atomic E-state index is -3.39. The van der Waals surface area contributed by atoms with Crippen LogP contribution in [0.15, 0.2) is 18.2 Å². The molecule has 0 saturated carbocycles. The fraction of sp³-hybridized carbons (Fsp3) is 0.632. The van der Waals surface area contributed by atoms with E-state index in [0.29, 0.717) is 23.1 Å². The van der Waals surface area contributed by atoms with Crippen molar-refractivity contribution in [3.05, 3.63) is 33.8 Å². The topological polar surface area (TPSA) is 76.2 Å². The first-order valence-electron chi connectivity index (χ1n) is 9.23. The summed E-state index contributed by atoms with van der Waals surface area (Å²) < 4.78 is 36.6. The van der Waals surface area contributed by atoms with Gasteiger partial charge in [-0.1, -0.05) is 29.3 Å². The van der Waals surface area contributed by atoms with Crippen LogP contribution in [0.25, 0.3) is 0 Å². The normalized spacial score (nSPS) is 21.2. The number of halogens is 2. The fourth-order valence-electron chi connectivity index (χ4n) is 3.00. The van der Waals surface area contributed by atoms with Crippen LogP contribution in [-0.4, -0.2) is 75.0 Å². The van der Waals surface area contributed by atoms with Crippen molar-refractivity contribution >= 4 is 39.3 Å². The number of likely N-dealkylation sites (N-methyl/N-ethyl adjacent to an activating group) is 1. The Kier molecular flexibility index (Phi) is 7.84. The Labute approximate surface area is 182 Å². The largest absolute Gasteiger partial charge is 0.444 e. The van der Waals surface area contributed by atoms with Crippen LogP contribution in [0.5, 0.6) is 0 Å². The van der Waals surface area contributed by atoms with Crippen molar-refractivity contribution in [3.63, 3.8) is 0 Å². The van der Waals surface area contributed by atoms with E-state index in [2.05, 4.69) is 0 Å². The molecule has 1 aromatic rings. The van der Waals surface area contributed by atoms with Gasteiger partial charge in [0.2, 0.25) is 10.0 Å². The zero-order valence-electron chi connectivity index (χ0n) is 17.3. The zero-order chi connectivity index (χ0) is 22.0. The van der Waals surface area contributed by atoms with Gasteiger partial charge in [0, 0.05) is 32.6 Å². The van der Waals surface area contributed by atoms with Gasteiger partial charge in [-0.15, -0.1) is 0 Å². The van der Waals surface area contributed by atoms with Crippen LogP contribution in [0.3, 0.4) is 0 Å². The minimum absolute atomic E-state index is 0.145. The van der Waals surface area contributed by atoms with Crippen molar-refractivity contribution in [2.45, 2.75) is 38.4 Å². The molecule has 164 valence electrons. The summed E-state index contributed by atoms with van der Waals surface area (Å²) in [6.07, 6.45) is 0.230. The maximum atomic E-state index is 12.6. The van der Waals surface area contributed by atoms with Crippen LogP contribution in [0.2, 0.25) is 10.0 Å². The van der Waals surface area contributed by atoms with Gasteiger partial charge >= 0.3 is 6.09 Å². The molecule has 7 nitrogen and oxygen atoms in total. The van der Waals surface area contributed by atoms with E-state index in [1.54, 1.807) is 37.8 Å². The predicted molar refractivity (Wildman–Crippen MR) is 114 cm³/mol. The fourth-order valence-corrected chi connectivity index (χ4v) is 3.73. The summed E-state index contributed by atoms with van der Waals surface area (Å²) in [5.74, 6) is -0.316. The second-order valence-corrected chi connectivity index (χ2v) is 11.1. The molecule has 2 unspecified atom stereocenters. The number of benzene rings is 1. The van der Waals surface area contributed by atoms with E-state index in [9.17, 15) is 13.2 Å². The Morgan fingerprint density at radius 2 is 1.97 bits per heavy atom. The number of carbonyl (C=O) groups excluding carboxylic acids is 1. The van der Waals surface area contributed by atoms with Gasteiger partial charge in [-0.05, 0) is 38.5 Å². The molecule has 0 N–H and O–H groups in total. The molecule has 0 radical (unpaired) electrons. The van der Waals surface area contributed by atoms with Crippen LogP contribution in [0.4, 0.5) is 4.79 Å². The molecule has 1 heterocycles. The molecule has 1 amide bonds. The summed E-state index contributed by atoms with van der Waals surface area (Å²) in [5, 5.41) is 0.797. The lowest BCUT2D eigenvalue weighted by Crippen LogP contribution is -2.42. The van der Waals surface area contributed by atoms with Crippen molar-refractivity contribution in [1.82, 2.24) is 9.21 Å². The quantitative estimate of drug-likeness (QED) is 0.677. The molecular formula is C19H28Cl2N2O5S. The Morgan fingerprint density at radius 1 is 1.31 bits per heavy atom. The molecule has 1 aliphatic heterocycles. The average Bonchev–Trinajstić information content (AvgIpc) is 2.78. The van der Waals surface area contributed by atoms with Gasteiger partial charge < -0.3 is 14.4 Å². The zero-order valence-corrected chi connectivity index (χ0v) is 19.6. The third-order valence-corrected chi connectivity index (χ3v) is 6.61. The summed E-state index contributed by atoms with van der Waals surface area (Å²) >= 11 is 12.3. The molecule has 10 heteroatoms. The van der Waals surface area contributed by atoms with Crippen LogP contribution in [0.1, 0.15) is 32.3 Å². The van der Waals surface area contributed by atoms with Crippen molar-refractivity contribution in [2.75, 3.05) is 39.5 Å². The highest BCUT2D eigenvalue weighted by molar-refractivity contribution is 7.88. The Bertz CT molecular complexity index is 841. The molecule has 29 heavy (non-hydrogen) atoms. The monoisotopic (exact) mass is 466 g/mol. The highest BCUT2D eigenvalue weighted by Crippen LogP contribution is 2.32. The second-order valence-electron chi connectivity index (χ2n) is 8.16. The standard InChI is InChI=1S/C19H28Cl2N2O5S/c1-19(2,3)28-18(24)23-8-9-27-17(12-22(4)29(5,25)26)14(11-23)13-6-7-15(20)16(21)10-13/h6-7,10,14,17H,8-9,11-12H2,1-5H3. The lowest BCUT2D eigenvalue weighted by atomic mass is 9.92. The Morgan fingerprint density at radius 3 is 2.52 bits per heavy atom. The van der Waals surface area contributed by atoms with Crippen molar-refractivity contribution in [1.29, 1.82) is 0 Å². The maximum absolute atomic E-state index is 12.6. The molecule has 1 saturated heterocycles. The number of nitrogens with zero attached hydrogens (tertiary/aromatic N) is 2. The first kappa shape index (κ1) is 24.2. The van der Waals surface area contributed by atoms with Gasteiger partial charge in [0.05, 0.1) is 29.0 Å². The van der Waals surface area contributed by atoms with Crippen molar-refractivity contribution < 1.29 is 22.7 Å². The molecule has 1 aromatic carbocycles. The molecule has 0 spiro atoms. The SMILES string of the molecule is CN(CC1OCCN(C(=O)OC(C)(C)C)CC1c1ccc(Cl)c(Cl)c1)S(C)(=O)=O. The molecule has 0 bridgehead atoms. The predicted octanol–water partition coefficient (Wildman–Crippen LogP) is 3.60. The van der Waals surface area contributed by atoms with E-state index < -0.39 is 27.8 Å². The van der Waals surface area contributed by atoms with Crippen molar-refractivity contribution in [3.8, 4) is 0 Å². The number of hydrogen-bond donors (Lipinski definition) is 0. The summed E-state index contributed by atoms with van der Waals surface area (Å²) in [6.45, 7) is 6.46. The summed E-state index contributed by atoms with van der Waals surface area (Å²) in [5.41, 5.74) is 0.181. The van der Waals surface area contributed by atoms with E-state index in [-0.39, 0.29) is 19.1 Å². The van der Waals surface area contributed by atoms with Gasteiger partial charge in [-0.25, -0.2) is 17.5 Å². The van der Waals surface area contributed by atoms with Gasteiger partial charge in [0.15, 0.2) is 0 Å². The second kappa shape index (κ2) is 9.39. The van der Waals surface area contributed by atoms with Crippen molar-refractivity contribution in [2.24, 2.45) is 0 Å². The molecule has 1 fully saturated rings. The summed E-state index contributed by atoms with van der Waals surface area (Å²) in [4.78, 5) is 14.2. The number of carbonyl (C=O) groups is 1. The van der Waals surface area contributed by atoms with E-state index >= 15 is 0 Å². The summed E-state index contributed by atoms with van der Waals surface area (Å²) in [7, 11) is -1.89. The third-order valence-electron chi connectivity index (χ3n) is 4.59. The minimum Gasteiger partial charge on any atom is -0.444 e. The molecule has 2 atom stereocenters. The third kappa shape index (κ3) is 7.00. The van der Waals surface area contributed by atoms with Gasteiger partial charge in [-0.2, -0.15) is 0 Å². The highest BCUT2D eigenvalue weighted by Gasteiger charge is 2.35. The smallest absolute Gasteiger partial charge is 0.410 e. The molecular weight excluding hydrogens is 439 g/mol. The van der Waals surface area contributed by atoms with Crippen LogP contribution >= 0.6 is 23.2 Å². The van der Waals surface area contributed by atoms with Crippen LogP contribution in [0, 0.1) is 0 Å². The first-order valence-corrected chi connectivity index (χ1v) is 11.8. The maximum Gasteiger partial charge on any atom is 0.410 e. The highest BCUT2D eigenvalue weighted by atomic mass is 35.5. The van der Waals surface area contributed by atoms with Crippen LogP contribution in [-0.2, 0) is 19.5 Å². The Balaban J connectivity index is 2.35. The number of hydrogen-bond acceptors (Lipinski definition) is 5. The van der Waals surface area contributed by atoms with E-state index in [1.165, 1.54) is 11.4 Å². The number of sulfonamides is 1. The molecule has 0 aromatic heterocycles. The van der Waals surface area contributed by atoms with E-state index in [4.69, 9.17) is 32.7 Å². The van der Waals surface area contributed by atoms with Crippen LogP contribution < -0.4 is 0 Å². The number of ether oxygens (including phenoxy) is 2. The van der Waals surface area contributed by atoms with Gasteiger partial charge in [0.25, 0.3) is 0 Å². The number of amides is 1. The molecule has 0 aliphatic carbocycles. The Hall–Kier alpha value is -1.06. The number of rotatable bonds is 4. The molecule has 2 rings (SSSR count). The van der Waals surface area contributed by atoms with E-state index in [1.807, 2.05) is 6.07 Å². The van der Waals surface area contributed by atoms with Gasteiger partial charge in [-0.3, -0.25) is 0 Å². The first-order chi connectivity index (χ1) is 13.3. The summed E-state index contributed by atoms with van der Waals surface area (Å²) in [6, 6.07) is 5.22. The van der Waals surface area contributed by atoms with E-state index in [0.717, 1.165) is 11.8 Å². The average molecular weight is 467 g/mol. The lowest BCUT2D eigenvalue weighted by molar-refractivity contribution is 0.0226. The lowest BCUT2D eigenvalue weighted by Gasteiger charge is -2.31. The molecule has 1 aliphatic rings. The van der Waals surface area contributed by atoms with Gasteiger partial charge in [0.1, 0.15) is 5.60 Å².